The van der Waals surface area contributed by atoms with Gasteiger partial charge >= 0.3 is 5.97 Å². The van der Waals surface area contributed by atoms with E-state index in [4.69, 9.17) is 21.9 Å². The van der Waals surface area contributed by atoms with E-state index in [1.54, 1.807) is 18.2 Å². The highest BCUT2D eigenvalue weighted by molar-refractivity contribution is 6.32. The van der Waals surface area contributed by atoms with Crippen molar-refractivity contribution in [3.63, 3.8) is 0 Å². The molecule has 0 aliphatic rings. The smallest absolute Gasteiger partial charge is 0.340 e. The Labute approximate surface area is 143 Å². The molecule has 2 aromatic carbocycles. The van der Waals surface area contributed by atoms with Gasteiger partial charge in [-0.25, -0.2) is 4.79 Å². The molecule has 0 saturated carbocycles. The third-order valence-electron chi connectivity index (χ3n) is 3.06. The normalized spacial score (nSPS) is 10.7. The van der Waals surface area contributed by atoms with Crippen LogP contribution in [0.1, 0.15) is 11.1 Å². The molecule has 0 atom stereocenters. The van der Waals surface area contributed by atoms with Crippen molar-refractivity contribution in [2.75, 3.05) is 7.11 Å². The number of halogens is 1. The number of hydrogen-bond donors (Lipinski definition) is 0. The summed E-state index contributed by atoms with van der Waals surface area (Å²) in [6.07, 6.45) is 1.35. The first kappa shape index (κ1) is 17.4. The minimum absolute atomic E-state index is 0.192. The van der Waals surface area contributed by atoms with Gasteiger partial charge in [0.1, 0.15) is 18.1 Å². The largest absolute Gasteiger partial charge is 0.489 e. The molecular formula is C17H14ClN3O3. The van der Waals surface area contributed by atoms with Crippen LogP contribution in [0.2, 0.25) is 5.02 Å². The maximum atomic E-state index is 11.6. The van der Waals surface area contributed by atoms with Crippen molar-refractivity contribution in [2.45, 2.75) is 6.61 Å². The van der Waals surface area contributed by atoms with Gasteiger partial charge in [0.05, 0.1) is 7.11 Å². The Morgan fingerprint density at radius 3 is 2.71 bits per heavy atom. The Kier molecular flexibility index (Phi) is 6.25. The number of rotatable bonds is 6. The van der Waals surface area contributed by atoms with Crippen LogP contribution in [0.3, 0.4) is 0 Å². The fourth-order valence-corrected chi connectivity index (χ4v) is 2.06. The quantitative estimate of drug-likeness (QED) is 0.249. The third-order valence-corrected chi connectivity index (χ3v) is 3.40. The number of hydrogen-bond acceptors (Lipinski definition) is 4. The Bertz CT molecular complexity index is 800. The van der Waals surface area contributed by atoms with Crippen molar-refractivity contribution < 1.29 is 14.3 Å². The molecule has 6 nitrogen and oxygen atoms in total. The Balaban J connectivity index is 2.24. The second-order valence-electron chi connectivity index (χ2n) is 4.67. The lowest BCUT2D eigenvalue weighted by molar-refractivity contribution is -0.136. The van der Waals surface area contributed by atoms with Crippen LogP contribution in [0.5, 0.6) is 5.75 Å². The van der Waals surface area contributed by atoms with Gasteiger partial charge in [0.25, 0.3) is 0 Å². The molecule has 2 rings (SSSR count). The lowest BCUT2D eigenvalue weighted by Crippen LogP contribution is -2.02. The number of carbonyl (C=O) groups excluding carboxylic acids is 1. The van der Waals surface area contributed by atoms with Gasteiger partial charge < -0.3 is 9.47 Å². The standard InChI is InChI=1S/C17H14ClN3O3/c1-23-17(22)16(20-21-19)10-13-9-14(7-8-15(13)18)24-11-12-5-3-2-4-6-12/h2-10H,11H2,1H3/b16-10+. The molecule has 0 radical (unpaired) electrons. The zero-order chi connectivity index (χ0) is 17.4. The number of benzene rings is 2. The number of methoxy groups -OCH3 is 1. The molecule has 0 N–H and O–H groups in total. The number of carbonyl (C=O) groups is 1. The predicted molar refractivity (Wildman–Crippen MR) is 91.4 cm³/mol. The summed E-state index contributed by atoms with van der Waals surface area (Å²) in [6, 6.07) is 14.7. The van der Waals surface area contributed by atoms with E-state index in [0.717, 1.165) is 5.56 Å². The Morgan fingerprint density at radius 2 is 2.04 bits per heavy atom. The summed E-state index contributed by atoms with van der Waals surface area (Å²) >= 11 is 6.12. The predicted octanol–water partition coefficient (Wildman–Crippen LogP) is 4.74. The lowest BCUT2D eigenvalue weighted by atomic mass is 10.1. The Morgan fingerprint density at radius 1 is 1.29 bits per heavy atom. The molecule has 0 fully saturated rings. The summed E-state index contributed by atoms with van der Waals surface area (Å²) in [5.74, 6) is -0.181. The van der Waals surface area contributed by atoms with Gasteiger partial charge in [0, 0.05) is 9.93 Å². The van der Waals surface area contributed by atoms with Crippen molar-refractivity contribution in [1.82, 2.24) is 0 Å². The van der Waals surface area contributed by atoms with E-state index in [9.17, 15) is 4.79 Å². The van der Waals surface area contributed by atoms with Gasteiger partial charge in [-0.15, -0.1) is 0 Å². The highest BCUT2D eigenvalue weighted by Gasteiger charge is 2.10. The number of azide groups is 1. The molecule has 0 bridgehead atoms. The molecule has 0 spiro atoms. The highest BCUT2D eigenvalue weighted by Crippen LogP contribution is 2.25. The first-order valence-corrected chi connectivity index (χ1v) is 7.33. The first-order valence-electron chi connectivity index (χ1n) is 6.95. The number of nitrogens with zero attached hydrogens (tertiary/aromatic N) is 3. The van der Waals surface area contributed by atoms with E-state index in [2.05, 4.69) is 14.8 Å². The van der Waals surface area contributed by atoms with E-state index in [0.29, 0.717) is 22.9 Å². The molecule has 24 heavy (non-hydrogen) atoms. The van der Waals surface area contributed by atoms with Gasteiger partial charge in [-0.1, -0.05) is 47.0 Å². The minimum Gasteiger partial charge on any atom is -0.489 e. The average Bonchev–Trinajstić information content (AvgIpc) is 2.62. The highest BCUT2D eigenvalue weighted by atomic mass is 35.5. The van der Waals surface area contributed by atoms with Crippen LogP contribution in [-0.4, -0.2) is 13.1 Å². The van der Waals surface area contributed by atoms with Gasteiger partial charge in [-0.05, 0) is 40.9 Å². The molecule has 0 unspecified atom stereocenters. The van der Waals surface area contributed by atoms with Crippen LogP contribution in [-0.2, 0) is 16.1 Å². The summed E-state index contributed by atoms with van der Waals surface area (Å²) in [7, 11) is 1.20. The van der Waals surface area contributed by atoms with Crippen molar-refractivity contribution in [3.05, 3.63) is 80.8 Å². The molecule has 0 aliphatic carbocycles. The molecule has 122 valence electrons. The number of esters is 1. The van der Waals surface area contributed by atoms with Crippen molar-refractivity contribution >= 4 is 23.6 Å². The third kappa shape index (κ3) is 4.78. The topological polar surface area (TPSA) is 84.3 Å². The molecule has 0 aliphatic heterocycles. The van der Waals surface area contributed by atoms with Crippen LogP contribution in [0.4, 0.5) is 0 Å². The monoisotopic (exact) mass is 343 g/mol. The fourth-order valence-electron chi connectivity index (χ4n) is 1.89. The van der Waals surface area contributed by atoms with Crippen LogP contribution < -0.4 is 4.74 Å². The lowest BCUT2D eigenvalue weighted by Gasteiger charge is -2.08. The Hall–Kier alpha value is -2.95. The molecule has 7 heteroatoms. The van der Waals surface area contributed by atoms with Crippen molar-refractivity contribution in [2.24, 2.45) is 5.11 Å². The zero-order valence-electron chi connectivity index (χ0n) is 12.8. The summed E-state index contributed by atoms with van der Waals surface area (Å²) in [6.45, 7) is 0.395. The number of ether oxygens (including phenoxy) is 2. The second kappa shape index (κ2) is 8.62. The van der Waals surface area contributed by atoms with Gasteiger partial charge in [-0.2, -0.15) is 0 Å². The van der Waals surface area contributed by atoms with Crippen LogP contribution in [0.25, 0.3) is 16.5 Å². The summed E-state index contributed by atoms with van der Waals surface area (Å²) in [4.78, 5) is 14.2. The second-order valence-corrected chi connectivity index (χ2v) is 5.08. The van der Waals surface area contributed by atoms with Gasteiger partial charge in [0.15, 0.2) is 0 Å². The molecule has 0 aromatic heterocycles. The van der Waals surface area contributed by atoms with E-state index in [-0.39, 0.29) is 5.70 Å². The van der Waals surface area contributed by atoms with Gasteiger partial charge in [-0.3, -0.25) is 0 Å². The molecule has 0 saturated heterocycles. The summed E-state index contributed by atoms with van der Waals surface area (Å²) in [5.41, 5.74) is 9.86. The maximum Gasteiger partial charge on any atom is 0.340 e. The minimum atomic E-state index is -0.750. The molecular weight excluding hydrogens is 330 g/mol. The summed E-state index contributed by atoms with van der Waals surface area (Å²) < 4.78 is 10.3. The molecule has 0 amide bonds. The summed E-state index contributed by atoms with van der Waals surface area (Å²) in [5, 5.41) is 3.71. The van der Waals surface area contributed by atoms with Crippen molar-refractivity contribution in [3.8, 4) is 5.75 Å². The van der Waals surface area contributed by atoms with Crippen molar-refractivity contribution in [1.29, 1.82) is 0 Å². The van der Waals surface area contributed by atoms with Gasteiger partial charge in [0.2, 0.25) is 0 Å². The fraction of sp³-hybridized carbons (Fsp3) is 0.118. The van der Waals surface area contributed by atoms with Crippen LogP contribution >= 0.6 is 11.6 Å². The van der Waals surface area contributed by atoms with Crippen LogP contribution in [0.15, 0.2) is 59.3 Å². The van der Waals surface area contributed by atoms with E-state index < -0.39 is 5.97 Å². The first-order chi connectivity index (χ1) is 11.6. The van der Waals surface area contributed by atoms with E-state index in [1.165, 1.54) is 13.2 Å². The average molecular weight is 344 g/mol. The SMILES string of the molecule is COC(=O)/C(=C\c1cc(OCc2ccccc2)ccc1Cl)N=[N+]=[N-]. The van der Waals surface area contributed by atoms with E-state index >= 15 is 0 Å². The van der Waals surface area contributed by atoms with Crippen LogP contribution in [0, 0.1) is 0 Å². The molecule has 2 aromatic rings. The van der Waals surface area contributed by atoms with E-state index in [1.807, 2.05) is 30.3 Å². The molecule has 0 heterocycles. The maximum absolute atomic E-state index is 11.6. The zero-order valence-corrected chi connectivity index (χ0v) is 13.6.